The molecule has 2 aromatic rings. The lowest BCUT2D eigenvalue weighted by Gasteiger charge is -2.10. The minimum atomic E-state index is -0.474. The second-order valence-corrected chi connectivity index (χ2v) is 4.73. The minimum absolute atomic E-state index is 0.0279. The number of thiocarbonyl (C=S) groups is 1. The van der Waals surface area contributed by atoms with E-state index in [2.05, 4.69) is 0 Å². The molecule has 0 aromatic heterocycles. The minimum Gasteiger partial charge on any atom is -0.489 e. The van der Waals surface area contributed by atoms with Crippen molar-refractivity contribution in [3.8, 4) is 5.75 Å². The van der Waals surface area contributed by atoms with Gasteiger partial charge in [0.2, 0.25) is 0 Å². The van der Waals surface area contributed by atoms with Crippen LogP contribution in [0.1, 0.15) is 11.1 Å². The van der Waals surface area contributed by atoms with Crippen molar-refractivity contribution < 1.29 is 9.13 Å². The van der Waals surface area contributed by atoms with E-state index in [0.717, 1.165) is 11.1 Å². The first kappa shape index (κ1) is 13.8. The van der Waals surface area contributed by atoms with Gasteiger partial charge in [-0.3, -0.25) is 0 Å². The molecule has 0 fully saturated rings. The predicted molar refractivity (Wildman–Crippen MR) is 78.1 cm³/mol. The van der Waals surface area contributed by atoms with E-state index in [1.807, 2.05) is 24.3 Å². The number of rotatable bonds is 4. The molecular weight excluding hydrogens is 285 g/mol. The molecule has 0 atom stereocenters. The Hall–Kier alpha value is -1.65. The Labute approximate surface area is 120 Å². The van der Waals surface area contributed by atoms with Gasteiger partial charge in [0.25, 0.3) is 0 Å². The standard InChI is InChI=1S/C14H11ClFNOS/c15-12-7-10(5-6-13(12)16)18-8-9-3-1-2-4-11(9)14(17)19/h1-7H,8H2,(H2,17,19). The third-order valence-corrected chi connectivity index (χ3v) is 3.08. The monoisotopic (exact) mass is 295 g/mol. The van der Waals surface area contributed by atoms with E-state index in [0.29, 0.717) is 10.7 Å². The Balaban J connectivity index is 2.14. The van der Waals surface area contributed by atoms with E-state index in [1.165, 1.54) is 18.2 Å². The molecule has 2 nitrogen and oxygen atoms in total. The van der Waals surface area contributed by atoms with Crippen LogP contribution in [0.15, 0.2) is 42.5 Å². The van der Waals surface area contributed by atoms with Crippen LogP contribution in [0.3, 0.4) is 0 Å². The first-order valence-electron chi connectivity index (χ1n) is 5.53. The third kappa shape index (κ3) is 3.43. The van der Waals surface area contributed by atoms with Gasteiger partial charge in [-0.1, -0.05) is 48.1 Å². The highest BCUT2D eigenvalue weighted by atomic mass is 35.5. The summed E-state index contributed by atoms with van der Waals surface area (Å²) >= 11 is 10.7. The summed E-state index contributed by atoms with van der Waals surface area (Å²) in [4.78, 5) is 0.316. The molecular formula is C14H11ClFNOS. The van der Waals surface area contributed by atoms with Gasteiger partial charge in [-0.05, 0) is 17.7 Å². The summed E-state index contributed by atoms with van der Waals surface area (Å²) in [6.07, 6.45) is 0. The normalized spacial score (nSPS) is 10.2. The van der Waals surface area contributed by atoms with E-state index in [4.69, 9.17) is 34.3 Å². The molecule has 2 N–H and O–H groups in total. The Bertz CT molecular complexity index is 618. The van der Waals surface area contributed by atoms with Crippen molar-refractivity contribution in [2.75, 3.05) is 0 Å². The summed E-state index contributed by atoms with van der Waals surface area (Å²) in [5.41, 5.74) is 7.27. The summed E-state index contributed by atoms with van der Waals surface area (Å²) in [7, 11) is 0. The van der Waals surface area contributed by atoms with Gasteiger partial charge in [0.15, 0.2) is 0 Å². The van der Waals surface area contributed by atoms with Gasteiger partial charge in [0.1, 0.15) is 23.2 Å². The second kappa shape index (κ2) is 5.99. The third-order valence-electron chi connectivity index (χ3n) is 2.57. The molecule has 0 bridgehead atoms. The van der Waals surface area contributed by atoms with Crippen LogP contribution in [-0.2, 0) is 6.61 Å². The number of benzene rings is 2. The van der Waals surface area contributed by atoms with Gasteiger partial charge >= 0.3 is 0 Å². The van der Waals surface area contributed by atoms with Crippen molar-refractivity contribution >= 4 is 28.8 Å². The zero-order valence-electron chi connectivity index (χ0n) is 9.90. The predicted octanol–water partition coefficient (Wildman–Crippen LogP) is 3.69. The lowest BCUT2D eigenvalue weighted by atomic mass is 10.1. The van der Waals surface area contributed by atoms with E-state index in [1.54, 1.807) is 0 Å². The maximum Gasteiger partial charge on any atom is 0.142 e. The topological polar surface area (TPSA) is 35.2 Å². The Morgan fingerprint density at radius 1 is 1.26 bits per heavy atom. The molecule has 2 rings (SSSR count). The zero-order chi connectivity index (χ0) is 13.8. The highest BCUT2D eigenvalue weighted by Gasteiger charge is 2.06. The van der Waals surface area contributed by atoms with E-state index in [9.17, 15) is 4.39 Å². The van der Waals surface area contributed by atoms with Gasteiger partial charge in [0, 0.05) is 11.6 Å². The average Bonchev–Trinajstić information content (AvgIpc) is 2.40. The van der Waals surface area contributed by atoms with Crippen LogP contribution in [0.2, 0.25) is 5.02 Å². The molecule has 0 amide bonds. The zero-order valence-corrected chi connectivity index (χ0v) is 11.5. The second-order valence-electron chi connectivity index (χ2n) is 3.89. The summed E-state index contributed by atoms with van der Waals surface area (Å²) in [5, 5.41) is 0.0279. The summed E-state index contributed by atoms with van der Waals surface area (Å²) in [5.74, 6) is 0.0155. The van der Waals surface area contributed by atoms with Crippen molar-refractivity contribution in [1.29, 1.82) is 0 Å². The maximum atomic E-state index is 13.0. The molecule has 0 aliphatic heterocycles. The molecule has 0 unspecified atom stereocenters. The van der Waals surface area contributed by atoms with Gasteiger partial charge < -0.3 is 10.5 Å². The highest BCUT2D eigenvalue weighted by Crippen LogP contribution is 2.22. The quantitative estimate of drug-likeness (QED) is 0.874. The molecule has 0 saturated heterocycles. The first-order chi connectivity index (χ1) is 9.08. The van der Waals surface area contributed by atoms with Crippen molar-refractivity contribution in [2.45, 2.75) is 6.61 Å². The SMILES string of the molecule is NC(=S)c1ccccc1COc1ccc(F)c(Cl)c1. The Kier molecular flexibility index (Phi) is 4.35. The van der Waals surface area contributed by atoms with Crippen molar-refractivity contribution in [1.82, 2.24) is 0 Å². The molecule has 0 saturated carbocycles. The van der Waals surface area contributed by atoms with Crippen LogP contribution in [-0.4, -0.2) is 4.99 Å². The molecule has 0 spiro atoms. The van der Waals surface area contributed by atoms with Crippen LogP contribution >= 0.6 is 23.8 Å². The Morgan fingerprint density at radius 2 is 2.00 bits per heavy atom. The van der Waals surface area contributed by atoms with Crippen molar-refractivity contribution in [2.24, 2.45) is 5.73 Å². The van der Waals surface area contributed by atoms with Crippen LogP contribution in [0, 0.1) is 5.82 Å². The molecule has 19 heavy (non-hydrogen) atoms. The number of halogens is 2. The largest absolute Gasteiger partial charge is 0.489 e. The maximum absolute atomic E-state index is 13.0. The smallest absolute Gasteiger partial charge is 0.142 e. The van der Waals surface area contributed by atoms with Crippen LogP contribution in [0.4, 0.5) is 4.39 Å². The van der Waals surface area contributed by atoms with Gasteiger partial charge in [-0.25, -0.2) is 4.39 Å². The molecule has 0 heterocycles. The fourth-order valence-electron chi connectivity index (χ4n) is 1.61. The molecule has 2 aromatic carbocycles. The number of nitrogens with two attached hydrogens (primary N) is 1. The van der Waals surface area contributed by atoms with Crippen LogP contribution in [0.25, 0.3) is 0 Å². The van der Waals surface area contributed by atoms with Gasteiger partial charge in [-0.15, -0.1) is 0 Å². The van der Waals surface area contributed by atoms with Crippen LogP contribution < -0.4 is 10.5 Å². The molecule has 0 aliphatic rings. The number of hydrogen-bond acceptors (Lipinski definition) is 2. The lowest BCUT2D eigenvalue weighted by molar-refractivity contribution is 0.305. The van der Waals surface area contributed by atoms with Crippen molar-refractivity contribution in [3.05, 3.63) is 64.4 Å². The summed E-state index contributed by atoms with van der Waals surface area (Å²) in [6, 6.07) is 11.6. The number of hydrogen-bond donors (Lipinski definition) is 1. The van der Waals surface area contributed by atoms with E-state index < -0.39 is 5.82 Å². The fraction of sp³-hybridized carbons (Fsp3) is 0.0714. The molecule has 0 aliphatic carbocycles. The van der Waals surface area contributed by atoms with Crippen LogP contribution in [0.5, 0.6) is 5.75 Å². The highest BCUT2D eigenvalue weighted by molar-refractivity contribution is 7.80. The molecule has 98 valence electrons. The summed E-state index contributed by atoms with van der Waals surface area (Å²) < 4.78 is 18.6. The van der Waals surface area contributed by atoms with Gasteiger partial charge in [0.05, 0.1) is 5.02 Å². The fourth-order valence-corrected chi connectivity index (χ4v) is 1.98. The average molecular weight is 296 g/mol. The van der Waals surface area contributed by atoms with E-state index in [-0.39, 0.29) is 11.6 Å². The Morgan fingerprint density at radius 3 is 2.68 bits per heavy atom. The van der Waals surface area contributed by atoms with E-state index >= 15 is 0 Å². The molecule has 5 heteroatoms. The van der Waals surface area contributed by atoms with Gasteiger partial charge in [-0.2, -0.15) is 0 Å². The molecule has 0 radical (unpaired) electrons. The lowest BCUT2D eigenvalue weighted by Crippen LogP contribution is -2.13. The first-order valence-corrected chi connectivity index (χ1v) is 6.32. The van der Waals surface area contributed by atoms with Crippen molar-refractivity contribution in [3.63, 3.8) is 0 Å². The number of ether oxygens (including phenoxy) is 1. The summed E-state index contributed by atoms with van der Waals surface area (Å²) in [6.45, 7) is 0.287.